The van der Waals surface area contributed by atoms with Crippen molar-refractivity contribution in [3.63, 3.8) is 0 Å². The van der Waals surface area contributed by atoms with Gasteiger partial charge in [-0.15, -0.1) is 11.3 Å². The minimum absolute atomic E-state index is 0.00198. The molecule has 1 aliphatic carbocycles. The molecule has 4 rings (SSSR count). The molecule has 8 heteroatoms. The van der Waals surface area contributed by atoms with E-state index in [2.05, 4.69) is 12.2 Å². The number of carbonyl (C=O) groups excluding carboxylic acids is 1. The minimum Gasteiger partial charge on any atom is -0.349 e. The number of nitrogens with zero attached hydrogens (tertiary/aromatic N) is 2. The molecule has 2 aromatic heterocycles. The molecular formula is C23H26FN3O2S2. The molecule has 2 unspecified atom stereocenters. The van der Waals surface area contributed by atoms with E-state index >= 15 is 0 Å². The maximum Gasteiger partial charge on any atom is 0.263 e. The molecule has 2 heterocycles. The highest BCUT2D eigenvalue weighted by Crippen LogP contribution is 2.36. The summed E-state index contributed by atoms with van der Waals surface area (Å²) in [6.45, 7) is 6.55. The molecule has 0 bridgehead atoms. The van der Waals surface area contributed by atoms with E-state index in [1.54, 1.807) is 28.0 Å². The summed E-state index contributed by atoms with van der Waals surface area (Å²) >= 11 is 2.91. The molecule has 1 aromatic carbocycles. The lowest BCUT2D eigenvalue weighted by Crippen LogP contribution is -2.29. The number of hydrogen-bond donors (Lipinski definition) is 1. The van der Waals surface area contributed by atoms with Gasteiger partial charge in [-0.05, 0) is 62.3 Å². The van der Waals surface area contributed by atoms with Gasteiger partial charge in [0, 0.05) is 11.4 Å². The summed E-state index contributed by atoms with van der Waals surface area (Å²) in [6, 6.07) is 5.86. The third-order valence-electron chi connectivity index (χ3n) is 5.78. The van der Waals surface area contributed by atoms with E-state index < -0.39 is 0 Å². The van der Waals surface area contributed by atoms with E-state index in [4.69, 9.17) is 4.98 Å². The van der Waals surface area contributed by atoms with Crippen molar-refractivity contribution in [2.75, 3.05) is 5.75 Å². The summed E-state index contributed by atoms with van der Waals surface area (Å²) in [4.78, 5) is 32.6. The first kappa shape index (κ1) is 22.0. The molecule has 0 fully saturated rings. The van der Waals surface area contributed by atoms with Crippen LogP contribution in [0.3, 0.4) is 0 Å². The highest BCUT2D eigenvalue weighted by molar-refractivity contribution is 7.99. The largest absolute Gasteiger partial charge is 0.349 e. The number of aryl methyl sites for hydroxylation is 1. The molecule has 0 spiro atoms. The van der Waals surface area contributed by atoms with Gasteiger partial charge >= 0.3 is 0 Å². The zero-order chi connectivity index (χ0) is 22.1. The number of hydrogen-bond acceptors (Lipinski definition) is 5. The van der Waals surface area contributed by atoms with Crippen molar-refractivity contribution < 1.29 is 9.18 Å². The second-order valence-electron chi connectivity index (χ2n) is 8.11. The molecule has 0 saturated heterocycles. The Morgan fingerprint density at radius 2 is 2.13 bits per heavy atom. The third kappa shape index (κ3) is 4.55. The summed E-state index contributed by atoms with van der Waals surface area (Å²) in [5.41, 5.74) is 2.02. The van der Waals surface area contributed by atoms with Crippen molar-refractivity contribution >= 4 is 39.2 Å². The van der Waals surface area contributed by atoms with E-state index in [1.165, 1.54) is 34.3 Å². The van der Waals surface area contributed by atoms with Gasteiger partial charge in [-0.25, -0.2) is 9.37 Å². The molecule has 2 atom stereocenters. The quantitative estimate of drug-likeness (QED) is 0.428. The summed E-state index contributed by atoms with van der Waals surface area (Å²) in [6.07, 6.45) is 3.05. The van der Waals surface area contributed by atoms with Crippen molar-refractivity contribution in [1.82, 2.24) is 14.9 Å². The molecular weight excluding hydrogens is 433 g/mol. The molecule has 1 N–H and O–H groups in total. The van der Waals surface area contributed by atoms with Crippen LogP contribution < -0.4 is 10.9 Å². The Hall–Kier alpha value is -2.19. The zero-order valence-corrected chi connectivity index (χ0v) is 19.5. The molecule has 0 radical (unpaired) electrons. The first-order valence-electron chi connectivity index (χ1n) is 10.6. The number of halogens is 1. The van der Waals surface area contributed by atoms with Gasteiger partial charge in [-0.2, -0.15) is 0 Å². The highest BCUT2D eigenvalue weighted by Gasteiger charge is 2.24. The van der Waals surface area contributed by atoms with Crippen molar-refractivity contribution in [3.05, 3.63) is 56.4 Å². The van der Waals surface area contributed by atoms with E-state index in [1.807, 2.05) is 13.8 Å². The molecule has 0 saturated carbocycles. The van der Waals surface area contributed by atoms with Crippen LogP contribution in [-0.2, 0) is 24.2 Å². The molecule has 164 valence electrons. The van der Waals surface area contributed by atoms with Gasteiger partial charge in [0.15, 0.2) is 5.16 Å². The van der Waals surface area contributed by atoms with Gasteiger partial charge in [0.2, 0.25) is 5.91 Å². The van der Waals surface area contributed by atoms with Crippen LogP contribution >= 0.6 is 23.1 Å². The molecule has 3 aromatic rings. The number of aromatic nitrogens is 2. The van der Waals surface area contributed by atoms with Crippen molar-refractivity contribution in [2.24, 2.45) is 5.92 Å². The lowest BCUT2D eigenvalue weighted by Gasteiger charge is -2.17. The Kier molecular flexibility index (Phi) is 6.48. The predicted molar refractivity (Wildman–Crippen MR) is 124 cm³/mol. The van der Waals surface area contributed by atoms with Crippen LogP contribution in [0.15, 0.2) is 34.2 Å². The topological polar surface area (TPSA) is 64.0 Å². The zero-order valence-electron chi connectivity index (χ0n) is 17.9. The SMILES string of the molecule is CCn1c(SCC(=O)NC(C)c2ccc(F)cc2)nc2sc3c(c2c1=O)CCC(C)C3. The van der Waals surface area contributed by atoms with E-state index in [9.17, 15) is 14.0 Å². The van der Waals surface area contributed by atoms with Crippen LogP contribution in [-0.4, -0.2) is 21.2 Å². The van der Waals surface area contributed by atoms with Gasteiger partial charge < -0.3 is 5.32 Å². The van der Waals surface area contributed by atoms with Gasteiger partial charge in [0.25, 0.3) is 5.56 Å². The van der Waals surface area contributed by atoms with Gasteiger partial charge in [-0.3, -0.25) is 14.2 Å². The fourth-order valence-corrected chi connectivity index (χ4v) is 6.34. The van der Waals surface area contributed by atoms with E-state index in [0.717, 1.165) is 35.0 Å². The number of amides is 1. The maximum absolute atomic E-state index is 13.2. The van der Waals surface area contributed by atoms with Gasteiger partial charge in [-0.1, -0.05) is 30.8 Å². The smallest absolute Gasteiger partial charge is 0.263 e. The average Bonchev–Trinajstić information content (AvgIpc) is 3.10. The first-order chi connectivity index (χ1) is 14.9. The third-order valence-corrected chi connectivity index (χ3v) is 7.90. The van der Waals surface area contributed by atoms with Gasteiger partial charge in [0.05, 0.1) is 17.2 Å². The first-order valence-corrected chi connectivity index (χ1v) is 12.4. The summed E-state index contributed by atoms with van der Waals surface area (Å²) in [7, 11) is 0. The Morgan fingerprint density at radius 1 is 1.39 bits per heavy atom. The summed E-state index contributed by atoms with van der Waals surface area (Å²) in [5, 5.41) is 4.28. The maximum atomic E-state index is 13.2. The lowest BCUT2D eigenvalue weighted by atomic mass is 9.89. The van der Waals surface area contributed by atoms with Crippen molar-refractivity contribution in [1.29, 1.82) is 0 Å². The number of nitrogens with one attached hydrogen (secondary N) is 1. The Morgan fingerprint density at radius 3 is 2.84 bits per heavy atom. The van der Waals surface area contributed by atoms with Crippen molar-refractivity contribution in [2.45, 2.75) is 57.8 Å². The molecule has 1 amide bonds. The van der Waals surface area contributed by atoms with Crippen molar-refractivity contribution in [3.8, 4) is 0 Å². The summed E-state index contributed by atoms with van der Waals surface area (Å²) in [5.74, 6) is 0.334. The molecule has 1 aliphatic rings. The van der Waals surface area contributed by atoms with E-state index in [0.29, 0.717) is 17.6 Å². The summed E-state index contributed by atoms with van der Waals surface area (Å²) < 4.78 is 14.8. The molecule has 31 heavy (non-hydrogen) atoms. The van der Waals surface area contributed by atoms with Crippen LogP contribution in [0, 0.1) is 11.7 Å². The van der Waals surface area contributed by atoms with Crippen LogP contribution in [0.5, 0.6) is 0 Å². The fourth-order valence-electron chi connectivity index (χ4n) is 4.04. The van der Waals surface area contributed by atoms with Crippen LogP contribution in [0.1, 0.15) is 49.2 Å². The highest BCUT2D eigenvalue weighted by atomic mass is 32.2. The Labute approximate surface area is 189 Å². The molecule has 0 aliphatic heterocycles. The number of fused-ring (bicyclic) bond motifs is 3. The predicted octanol–water partition coefficient (Wildman–Crippen LogP) is 4.71. The Bertz CT molecular complexity index is 1170. The van der Waals surface area contributed by atoms with Crippen LogP contribution in [0.2, 0.25) is 0 Å². The van der Waals surface area contributed by atoms with Gasteiger partial charge in [0.1, 0.15) is 10.6 Å². The number of benzene rings is 1. The average molecular weight is 460 g/mol. The normalized spacial score (nSPS) is 16.8. The minimum atomic E-state index is -0.304. The van der Waals surface area contributed by atoms with E-state index in [-0.39, 0.29) is 29.1 Å². The number of thioether (sulfide) groups is 1. The monoisotopic (exact) mass is 459 g/mol. The standard InChI is InChI=1S/C23H26FN3O2S2/c1-4-27-22(29)20-17-10-5-13(2)11-18(17)31-21(20)26-23(27)30-12-19(28)25-14(3)15-6-8-16(24)9-7-15/h6-9,13-14H,4-5,10-12H2,1-3H3,(H,25,28). The lowest BCUT2D eigenvalue weighted by molar-refractivity contribution is -0.119. The second kappa shape index (κ2) is 9.12. The van der Waals surface area contributed by atoms with Crippen LogP contribution in [0.4, 0.5) is 4.39 Å². The number of thiophene rings is 1. The number of carbonyl (C=O) groups is 1. The fraction of sp³-hybridized carbons (Fsp3) is 0.435. The van der Waals surface area contributed by atoms with Crippen LogP contribution in [0.25, 0.3) is 10.2 Å². The molecule has 5 nitrogen and oxygen atoms in total. The number of rotatable bonds is 6. The Balaban J connectivity index is 1.52. The second-order valence-corrected chi connectivity index (χ2v) is 10.1.